The van der Waals surface area contributed by atoms with E-state index in [2.05, 4.69) is 10.6 Å². The van der Waals surface area contributed by atoms with Gasteiger partial charge in [0.15, 0.2) is 0 Å². The maximum atomic E-state index is 11.1. The Morgan fingerprint density at radius 2 is 2.55 bits per heavy atom. The molecule has 0 aromatic heterocycles. The summed E-state index contributed by atoms with van der Waals surface area (Å²) in [5.74, 6) is 0.116. The first-order valence-electron chi connectivity index (χ1n) is 3.83. The molecule has 0 saturated carbocycles. The Morgan fingerprint density at radius 3 is 3.09 bits per heavy atom. The van der Waals surface area contributed by atoms with Crippen LogP contribution < -0.4 is 10.6 Å². The van der Waals surface area contributed by atoms with Crippen LogP contribution in [-0.4, -0.2) is 26.0 Å². The Labute approximate surface area is 66.9 Å². The van der Waals surface area contributed by atoms with Crippen molar-refractivity contribution in [2.75, 3.05) is 20.1 Å². The van der Waals surface area contributed by atoms with Gasteiger partial charge in [-0.3, -0.25) is 4.79 Å². The van der Waals surface area contributed by atoms with Crippen molar-refractivity contribution < 1.29 is 4.79 Å². The number of carbonyl (C=O) groups excluding carboxylic acids is 1. The highest BCUT2D eigenvalue weighted by molar-refractivity contribution is 5.80. The number of nitrogens with one attached hydrogen (secondary N) is 2. The van der Waals surface area contributed by atoms with Gasteiger partial charge in [0, 0.05) is 20.1 Å². The van der Waals surface area contributed by atoms with Gasteiger partial charge < -0.3 is 10.6 Å². The summed E-state index contributed by atoms with van der Waals surface area (Å²) >= 11 is 0. The molecule has 0 aromatic rings. The van der Waals surface area contributed by atoms with Gasteiger partial charge in [0.1, 0.15) is 0 Å². The molecule has 1 heterocycles. The van der Waals surface area contributed by atoms with E-state index in [1.165, 1.54) is 5.57 Å². The van der Waals surface area contributed by atoms with E-state index in [0.717, 1.165) is 13.1 Å². The minimum absolute atomic E-state index is 0.0220. The molecule has 2 N–H and O–H groups in total. The second-order valence-corrected chi connectivity index (χ2v) is 2.86. The summed E-state index contributed by atoms with van der Waals surface area (Å²) in [5, 5.41) is 5.80. The Balaban J connectivity index is 2.59. The van der Waals surface area contributed by atoms with Crippen molar-refractivity contribution in [3.05, 3.63) is 11.6 Å². The molecule has 1 aliphatic rings. The lowest BCUT2D eigenvalue weighted by Crippen LogP contribution is -2.37. The second-order valence-electron chi connectivity index (χ2n) is 2.86. The summed E-state index contributed by atoms with van der Waals surface area (Å²) in [7, 11) is 1.67. The third-order valence-electron chi connectivity index (χ3n) is 1.84. The molecule has 0 fully saturated rings. The summed E-state index contributed by atoms with van der Waals surface area (Å²) in [6.07, 6.45) is 2.02. The van der Waals surface area contributed by atoms with Gasteiger partial charge in [0.25, 0.3) is 0 Å². The van der Waals surface area contributed by atoms with Crippen LogP contribution >= 0.6 is 0 Å². The van der Waals surface area contributed by atoms with Crippen LogP contribution in [0.2, 0.25) is 0 Å². The van der Waals surface area contributed by atoms with Gasteiger partial charge in [-0.15, -0.1) is 0 Å². The molecule has 3 heteroatoms. The van der Waals surface area contributed by atoms with E-state index in [4.69, 9.17) is 0 Å². The predicted molar refractivity (Wildman–Crippen MR) is 44.2 cm³/mol. The molecule has 0 saturated heterocycles. The highest BCUT2D eigenvalue weighted by Crippen LogP contribution is 2.06. The molecule has 1 atom stereocenters. The average molecular weight is 154 g/mol. The van der Waals surface area contributed by atoms with E-state index in [9.17, 15) is 4.79 Å². The number of carbonyl (C=O) groups is 1. The van der Waals surface area contributed by atoms with Crippen LogP contribution in [0.1, 0.15) is 6.92 Å². The molecule has 0 aromatic carbocycles. The van der Waals surface area contributed by atoms with Gasteiger partial charge in [-0.2, -0.15) is 0 Å². The number of hydrogen-bond acceptors (Lipinski definition) is 2. The number of amides is 1. The van der Waals surface area contributed by atoms with Crippen LogP contribution in [0, 0.1) is 5.92 Å². The molecule has 0 spiro atoms. The van der Waals surface area contributed by atoms with Crippen LogP contribution in [0.15, 0.2) is 11.6 Å². The van der Waals surface area contributed by atoms with E-state index in [0.29, 0.717) is 0 Å². The summed E-state index contributed by atoms with van der Waals surface area (Å²) in [6.45, 7) is 3.70. The molecule has 1 amide bonds. The van der Waals surface area contributed by atoms with Gasteiger partial charge >= 0.3 is 0 Å². The Kier molecular flexibility index (Phi) is 2.65. The van der Waals surface area contributed by atoms with Gasteiger partial charge in [-0.05, 0) is 6.92 Å². The van der Waals surface area contributed by atoms with Crippen LogP contribution in [0.5, 0.6) is 0 Å². The molecule has 1 unspecified atom stereocenters. The third-order valence-corrected chi connectivity index (χ3v) is 1.84. The first-order chi connectivity index (χ1) is 5.24. The smallest absolute Gasteiger partial charge is 0.227 e. The SMILES string of the molecule is CNC(=O)C1C=C(C)CNC1. The standard InChI is InChI=1S/C8H14N2O/c1-6-3-7(5-10-4-6)8(11)9-2/h3,7,10H,4-5H2,1-2H3,(H,9,11). The minimum Gasteiger partial charge on any atom is -0.359 e. The predicted octanol–water partition coefficient (Wildman–Crippen LogP) is -0.102. The molecule has 62 valence electrons. The zero-order valence-corrected chi connectivity index (χ0v) is 6.98. The van der Waals surface area contributed by atoms with Crippen LogP contribution in [-0.2, 0) is 4.79 Å². The summed E-state index contributed by atoms with van der Waals surface area (Å²) in [4.78, 5) is 11.1. The third kappa shape index (κ3) is 2.05. The molecule has 3 nitrogen and oxygen atoms in total. The topological polar surface area (TPSA) is 41.1 Å². The Hall–Kier alpha value is -0.830. The zero-order valence-electron chi connectivity index (χ0n) is 6.98. The molecule has 1 rings (SSSR count). The van der Waals surface area contributed by atoms with Crippen LogP contribution in [0.4, 0.5) is 0 Å². The fourth-order valence-corrected chi connectivity index (χ4v) is 1.24. The van der Waals surface area contributed by atoms with E-state index >= 15 is 0 Å². The van der Waals surface area contributed by atoms with Crippen molar-refractivity contribution in [3.63, 3.8) is 0 Å². The average Bonchev–Trinajstić information content (AvgIpc) is 2.03. The second kappa shape index (κ2) is 3.53. The normalized spacial score (nSPS) is 24.2. The molecule has 0 bridgehead atoms. The van der Waals surface area contributed by atoms with Crippen molar-refractivity contribution >= 4 is 5.91 Å². The maximum absolute atomic E-state index is 11.1. The largest absolute Gasteiger partial charge is 0.359 e. The van der Waals surface area contributed by atoms with Gasteiger partial charge in [-0.25, -0.2) is 0 Å². The van der Waals surface area contributed by atoms with Crippen molar-refractivity contribution in [1.82, 2.24) is 10.6 Å². The summed E-state index contributed by atoms with van der Waals surface area (Å²) in [5.41, 5.74) is 1.24. The molecule has 1 aliphatic heterocycles. The lowest BCUT2D eigenvalue weighted by Gasteiger charge is -2.18. The van der Waals surface area contributed by atoms with E-state index in [1.54, 1.807) is 7.05 Å². The van der Waals surface area contributed by atoms with Crippen LogP contribution in [0.3, 0.4) is 0 Å². The lowest BCUT2D eigenvalue weighted by atomic mass is 10.0. The first kappa shape index (κ1) is 8.27. The number of hydrogen-bond donors (Lipinski definition) is 2. The fourth-order valence-electron chi connectivity index (χ4n) is 1.24. The highest BCUT2D eigenvalue weighted by Gasteiger charge is 2.16. The molecular formula is C8H14N2O. The monoisotopic (exact) mass is 154 g/mol. The van der Waals surface area contributed by atoms with Gasteiger partial charge in [0.05, 0.1) is 5.92 Å². The van der Waals surface area contributed by atoms with E-state index in [1.807, 2.05) is 13.0 Å². The van der Waals surface area contributed by atoms with Gasteiger partial charge in [0.2, 0.25) is 5.91 Å². The Bertz CT molecular complexity index is 187. The minimum atomic E-state index is 0.0220. The summed E-state index contributed by atoms with van der Waals surface area (Å²) in [6, 6.07) is 0. The fraction of sp³-hybridized carbons (Fsp3) is 0.625. The van der Waals surface area contributed by atoms with Gasteiger partial charge in [-0.1, -0.05) is 11.6 Å². The highest BCUT2D eigenvalue weighted by atomic mass is 16.1. The van der Waals surface area contributed by atoms with Crippen molar-refractivity contribution in [3.8, 4) is 0 Å². The molecule has 11 heavy (non-hydrogen) atoms. The van der Waals surface area contributed by atoms with Crippen molar-refractivity contribution in [2.24, 2.45) is 5.92 Å². The molecule has 0 radical (unpaired) electrons. The lowest BCUT2D eigenvalue weighted by molar-refractivity contribution is -0.123. The zero-order chi connectivity index (χ0) is 8.27. The quantitative estimate of drug-likeness (QED) is 0.518. The molecule has 0 aliphatic carbocycles. The van der Waals surface area contributed by atoms with E-state index < -0.39 is 0 Å². The number of rotatable bonds is 1. The van der Waals surface area contributed by atoms with Crippen LogP contribution in [0.25, 0.3) is 0 Å². The van der Waals surface area contributed by atoms with E-state index in [-0.39, 0.29) is 11.8 Å². The first-order valence-corrected chi connectivity index (χ1v) is 3.83. The summed E-state index contributed by atoms with van der Waals surface area (Å²) < 4.78 is 0. The Morgan fingerprint density at radius 1 is 1.82 bits per heavy atom. The van der Waals surface area contributed by atoms with Crippen molar-refractivity contribution in [1.29, 1.82) is 0 Å². The van der Waals surface area contributed by atoms with Crippen molar-refractivity contribution in [2.45, 2.75) is 6.92 Å². The molecular weight excluding hydrogens is 140 g/mol. The maximum Gasteiger partial charge on any atom is 0.227 e.